The summed E-state index contributed by atoms with van der Waals surface area (Å²) in [6, 6.07) is 6.67. The van der Waals surface area contributed by atoms with Crippen LogP contribution in [0.4, 0.5) is 0 Å². The van der Waals surface area contributed by atoms with E-state index in [2.05, 4.69) is 21.3 Å². The molecule has 9 atom stereocenters. The van der Waals surface area contributed by atoms with Crippen LogP contribution in [0.3, 0.4) is 0 Å². The fourth-order valence-electron chi connectivity index (χ4n) is 7.87. The van der Waals surface area contributed by atoms with Crippen molar-refractivity contribution in [1.29, 1.82) is 0 Å². The number of hydrogen-bond donors (Lipinski definition) is 4. The summed E-state index contributed by atoms with van der Waals surface area (Å²) in [6.07, 6.45) is 1.16. The fraction of sp³-hybridized carbons (Fsp3) is 0.744. The first-order valence-electron chi connectivity index (χ1n) is 20.5. The summed E-state index contributed by atoms with van der Waals surface area (Å²) in [5.74, 6) is -2.13. The first-order chi connectivity index (χ1) is 26.2. The Morgan fingerprint density at radius 1 is 0.875 bits per heavy atom. The van der Waals surface area contributed by atoms with Gasteiger partial charge in [-0.2, -0.15) is 0 Å². The second-order valence-corrected chi connectivity index (χ2v) is 17.3. The van der Waals surface area contributed by atoms with Gasteiger partial charge in [0.15, 0.2) is 0 Å². The van der Waals surface area contributed by atoms with E-state index >= 15 is 0 Å². The third-order valence-corrected chi connectivity index (χ3v) is 11.2. The highest BCUT2D eigenvalue weighted by atomic mass is 16.5. The van der Waals surface area contributed by atoms with Gasteiger partial charge in [0.05, 0.1) is 42.7 Å². The summed E-state index contributed by atoms with van der Waals surface area (Å²) in [5, 5.41) is 12.0. The number of rotatable bonds is 21. The number of likely N-dealkylation sites (N-methyl/N-ethyl adjacent to an activating group) is 2. The second kappa shape index (κ2) is 22.4. The monoisotopic (exact) mass is 787 g/mol. The summed E-state index contributed by atoms with van der Waals surface area (Å²) >= 11 is 0. The number of carbonyl (C=O) groups excluding carboxylic acids is 5. The molecule has 1 aromatic rings. The number of amides is 5. The van der Waals surface area contributed by atoms with Crippen molar-refractivity contribution in [1.82, 2.24) is 31.1 Å². The van der Waals surface area contributed by atoms with Crippen molar-refractivity contribution in [3.8, 4) is 0 Å². The van der Waals surface area contributed by atoms with Crippen LogP contribution in [0.1, 0.15) is 100 Å². The molecule has 0 bridgehead atoms. The van der Waals surface area contributed by atoms with Gasteiger partial charge in [0.1, 0.15) is 12.1 Å². The number of nitrogens with one attached hydrogen (secondary N) is 4. The lowest BCUT2D eigenvalue weighted by Crippen LogP contribution is -2.59. The third kappa shape index (κ3) is 13.5. The van der Waals surface area contributed by atoms with E-state index in [1.807, 2.05) is 92.6 Å². The van der Waals surface area contributed by atoms with Gasteiger partial charge in [0.2, 0.25) is 29.5 Å². The lowest BCUT2D eigenvalue weighted by Gasteiger charge is -2.41. The van der Waals surface area contributed by atoms with Crippen LogP contribution in [-0.4, -0.2) is 122 Å². The first kappa shape index (κ1) is 48.6. The largest absolute Gasteiger partial charge is 0.379 e. The maximum absolute atomic E-state index is 14.3. The van der Waals surface area contributed by atoms with Gasteiger partial charge in [-0.25, -0.2) is 0 Å². The number of likely N-dealkylation sites (tertiary alicyclic amines) is 1. The lowest BCUT2D eigenvalue weighted by molar-refractivity contribution is -0.148. The molecule has 5 amide bonds. The van der Waals surface area contributed by atoms with Gasteiger partial charge >= 0.3 is 0 Å². The number of hydrogen-bond acceptors (Lipinski definition) is 8. The maximum Gasteiger partial charge on any atom is 0.245 e. The lowest BCUT2D eigenvalue weighted by atomic mass is 9.89. The molecule has 2 rings (SSSR count). The Labute approximate surface area is 337 Å². The molecule has 0 unspecified atom stereocenters. The van der Waals surface area contributed by atoms with E-state index in [0.717, 1.165) is 18.4 Å². The van der Waals surface area contributed by atoms with E-state index in [1.165, 1.54) is 0 Å². The molecule has 0 aromatic heterocycles. The van der Waals surface area contributed by atoms with Crippen LogP contribution in [0.5, 0.6) is 0 Å². The molecule has 13 nitrogen and oxygen atoms in total. The van der Waals surface area contributed by atoms with E-state index in [9.17, 15) is 24.0 Å². The Bertz CT molecular complexity index is 1420. The quantitative estimate of drug-likeness (QED) is 0.146. The molecule has 1 fully saturated rings. The molecular weight excluding hydrogens is 713 g/mol. The van der Waals surface area contributed by atoms with E-state index in [-0.39, 0.29) is 59.8 Å². The zero-order valence-corrected chi connectivity index (χ0v) is 36.7. The van der Waals surface area contributed by atoms with Crippen molar-refractivity contribution in [3.05, 3.63) is 35.9 Å². The van der Waals surface area contributed by atoms with E-state index in [0.29, 0.717) is 19.4 Å². The van der Waals surface area contributed by atoms with Gasteiger partial charge < -0.3 is 40.5 Å². The molecule has 0 radical (unpaired) electrons. The normalized spacial score (nSPS) is 19.0. The van der Waals surface area contributed by atoms with Gasteiger partial charge in [0, 0.05) is 39.8 Å². The number of nitrogens with zero attached hydrogens (tertiary/aromatic N) is 2. The highest BCUT2D eigenvalue weighted by molar-refractivity contribution is 5.91. The third-order valence-electron chi connectivity index (χ3n) is 11.2. The van der Waals surface area contributed by atoms with Crippen LogP contribution in [0.25, 0.3) is 0 Å². The molecule has 1 aliphatic heterocycles. The molecule has 0 aliphatic carbocycles. The molecular formula is C43H74N6O7. The van der Waals surface area contributed by atoms with Crippen molar-refractivity contribution in [3.63, 3.8) is 0 Å². The summed E-state index contributed by atoms with van der Waals surface area (Å²) in [5.41, 5.74) is 0.424. The molecule has 56 heavy (non-hydrogen) atoms. The van der Waals surface area contributed by atoms with E-state index in [4.69, 9.17) is 9.47 Å². The summed E-state index contributed by atoms with van der Waals surface area (Å²) < 4.78 is 12.0. The second-order valence-electron chi connectivity index (χ2n) is 17.3. The Morgan fingerprint density at radius 2 is 1.48 bits per heavy atom. The molecule has 318 valence electrons. The zero-order chi connectivity index (χ0) is 42.5. The van der Waals surface area contributed by atoms with Gasteiger partial charge in [-0.05, 0) is 64.0 Å². The zero-order valence-electron chi connectivity index (χ0n) is 36.7. The number of carbonyl (C=O) groups is 5. The van der Waals surface area contributed by atoms with E-state index in [1.54, 1.807) is 45.0 Å². The highest BCUT2D eigenvalue weighted by Crippen LogP contribution is 2.30. The predicted octanol–water partition coefficient (Wildman–Crippen LogP) is 3.93. The minimum atomic E-state index is -0.811. The van der Waals surface area contributed by atoms with Crippen molar-refractivity contribution < 1.29 is 33.4 Å². The van der Waals surface area contributed by atoms with Crippen LogP contribution in [0.15, 0.2) is 30.3 Å². The summed E-state index contributed by atoms with van der Waals surface area (Å²) in [7, 11) is 6.56. The number of benzene rings is 1. The van der Waals surface area contributed by atoms with Gasteiger partial charge in [-0.1, -0.05) is 85.2 Å². The maximum atomic E-state index is 14.3. The molecule has 4 N–H and O–H groups in total. The Kier molecular flexibility index (Phi) is 19.4. The Balaban J connectivity index is 2.31. The van der Waals surface area contributed by atoms with Crippen molar-refractivity contribution in [2.24, 2.45) is 23.7 Å². The van der Waals surface area contributed by atoms with Crippen LogP contribution in [0.2, 0.25) is 0 Å². The topological polar surface area (TPSA) is 158 Å². The van der Waals surface area contributed by atoms with Gasteiger partial charge in [0.25, 0.3) is 0 Å². The minimum Gasteiger partial charge on any atom is -0.379 e. The average Bonchev–Trinajstić information content (AvgIpc) is 3.62. The van der Waals surface area contributed by atoms with Crippen LogP contribution < -0.4 is 21.3 Å². The number of methoxy groups -OCH3 is 2. The molecule has 1 aliphatic rings. The molecule has 0 saturated carbocycles. The van der Waals surface area contributed by atoms with Crippen molar-refractivity contribution >= 4 is 29.5 Å². The predicted molar refractivity (Wildman–Crippen MR) is 221 cm³/mol. The van der Waals surface area contributed by atoms with Gasteiger partial charge in [-0.3, -0.25) is 24.0 Å². The minimum absolute atomic E-state index is 0.0106. The standard InChI is InChI=1S/C43H74N6O7/c1-15-28(6)37(48(12)42(54)36(27(4)5)46-41(53)35(44-11)26(2)3)33(55-13)25-34(50)49-23-19-22-32(49)38(56-14)29(7)39(51)45-31(40(52)47-43(8,9)10)24-30-20-17-16-18-21-30/h16-18,20-21,26-29,31-33,35-38,44H,15,19,22-25H2,1-14H3,(H,45,51)(H,46,53)(H,47,52)/t28-,29+,31-,32-,33+,35-,36-,37-,38+/m0/s1. The fourth-order valence-corrected chi connectivity index (χ4v) is 7.87. The first-order valence-corrected chi connectivity index (χ1v) is 20.5. The molecule has 1 heterocycles. The molecule has 0 spiro atoms. The smallest absolute Gasteiger partial charge is 0.245 e. The Hall–Kier alpha value is -3.55. The van der Waals surface area contributed by atoms with Crippen LogP contribution in [-0.2, 0) is 39.9 Å². The summed E-state index contributed by atoms with van der Waals surface area (Å²) in [6.45, 7) is 19.7. The summed E-state index contributed by atoms with van der Waals surface area (Å²) in [4.78, 5) is 72.5. The Morgan fingerprint density at radius 3 is 1.98 bits per heavy atom. The molecule has 1 saturated heterocycles. The van der Waals surface area contributed by atoms with Gasteiger partial charge in [-0.15, -0.1) is 0 Å². The molecule has 1 aromatic carbocycles. The van der Waals surface area contributed by atoms with Crippen LogP contribution in [0, 0.1) is 23.7 Å². The van der Waals surface area contributed by atoms with Crippen molar-refractivity contribution in [2.75, 3.05) is 34.9 Å². The van der Waals surface area contributed by atoms with Crippen molar-refractivity contribution in [2.45, 2.75) is 149 Å². The van der Waals surface area contributed by atoms with Crippen LogP contribution >= 0.6 is 0 Å². The van der Waals surface area contributed by atoms with E-state index < -0.39 is 47.8 Å². The number of ether oxygens (including phenoxy) is 2. The SMILES string of the molecule is CC[C@H](C)[C@@H]([C@@H](CC(=O)N1CCC[C@H]1[C@H](OC)[C@@H](C)C(=O)N[C@@H](Cc1ccccc1)C(=O)NC(C)(C)C)OC)N(C)C(=O)[C@@H](NC(=O)[C@@H](NC)C(C)C)C(C)C. The average molecular weight is 787 g/mol. The molecule has 13 heteroatoms. The highest BCUT2D eigenvalue weighted by Gasteiger charge is 2.43.